The summed E-state index contributed by atoms with van der Waals surface area (Å²) in [6.45, 7) is 4.11. The van der Waals surface area contributed by atoms with E-state index in [4.69, 9.17) is 4.74 Å². The van der Waals surface area contributed by atoms with Crippen molar-refractivity contribution in [2.45, 2.75) is 26.0 Å². The summed E-state index contributed by atoms with van der Waals surface area (Å²) in [5.74, 6) is -1.96. The highest BCUT2D eigenvalue weighted by molar-refractivity contribution is 6.46. The fourth-order valence-electron chi connectivity index (χ4n) is 3.29. The van der Waals surface area contributed by atoms with Crippen molar-refractivity contribution in [3.63, 3.8) is 0 Å². The summed E-state index contributed by atoms with van der Waals surface area (Å²) in [7, 11) is 0. The lowest BCUT2D eigenvalue weighted by atomic mass is 9.96. The number of ketones is 1. The molecule has 0 bridgehead atoms. The molecule has 1 fully saturated rings. The predicted octanol–water partition coefficient (Wildman–Crippen LogP) is 2.84. The van der Waals surface area contributed by atoms with Gasteiger partial charge >= 0.3 is 0 Å². The van der Waals surface area contributed by atoms with E-state index in [1.807, 2.05) is 13.8 Å². The van der Waals surface area contributed by atoms with Gasteiger partial charge in [0, 0.05) is 36.6 Å². The molecule has 1 unspecified atom stereocenters. The SMILES string of the molecule is CC(C)OCCN1C(=O)C(=O)/C(=C(\O)c2ccc([N+](=O)[O-])cc2)C1c1ccncc1. The lowest BCUT2D eigenvalue weighted by molar-refractivity contribution is -0.384. The number of aromatic nitrogens is 1. The highest BCUT2D eigenvalue weighted by atomic mass is 16.6. The molecule has 9 heteroatoms. The number of aliphatic hydroxyl groups excluding tert-OH is 1. The van der Waals surface area contributed by atoms with Gasteiger partial charge in [-0.05, 0) is 43.7 Å². The maximum atomic E-state index is 12.8. The van der Waals surface area contributed by atoms with Crippen LogP contribution in [0, 0.1) is 10.1 Å². The Bertz CT molecular complexity index is 986. The number of pyridine rings is 1. The summed E-state index contributed by atoms with van der Waals surface area (Å²) < 4.78 is 5.53. The summed E-state index contributed by atoms with van der Waals surface area (Å²) in [4.78, 5) is 41.2. The maximum absolute atomic E-state index is 12.8. The van der Waals surface area contributed by atoms with Crippen molar-refractivity contribution < 1.29 is 24.4 Å². The van der Waals surface area contributed by atoms with Crippen LogP contribution in [-0.2, 0) is 14.3 Å². The molecule has 2 heterocycles. The van der Waals surface area contributed by atoms with Gasteiger partial charge in [-0.2, -0.15) is 0 Å². The van der Waals surface area contributed by atoms with Crippen molar-refractivity contribution in [1.82, 2.24) is 9.88 Å². The van der Waals surface area contributed by atoms with Crippen LogP contribution in [0.4, 0.5) is 5.69 Å². The zero-order chi connectivity index (χ0) is 21.8. The standard InChI is InChI=1S/C21H21N3O6/c1-13(2)30-12-11-23-18(14-7-9-22-10-8-14)17(20(26)21(23)27)19(25)15-3-5-16(6-4-15)24(28)29/h3-10,13,18,25H,11-12H2,1-2H3/b19-17-. The largest absolute Gasteiger partial charge is 0.507 e. The van der Waals surface area contributed by atoms with Crippen molar-refractivity contribution >= 4 is 23.1 Å². The second kappa shape index (κ2) is 8.83. The summed E-state index contributed by atoms with van der Waals surface area (Å²) in [5.41, 5.74) is 0.585. The number of nitro groups is 1. The highest BCUT2D eigenvalue weighted by Gasteiger charge is 2.45. The highest BCUT2D eigenvalue weighted by Crippen LogP contribution is 2.39. The molecule has 1 amide bonds. The molecule has 1 saturated heterocycles. The summed E-state index contributed by atoms with van der Waals surface area (Å²) >= 11 is 0. The van der Waals surface area contributed by atoms with Crippen molar-refractivity contribution in [2.24, 2.45) is 0 Å². The number of non-ortho nitro benzene ring substituents is 1. The topological polar surface area (TPSA) is 123 Å². The Balaban J connectivity index is 2.05. The second-order valence-electron chi connectivity index (χ2n) is 7.00. The Morgan fingerprint density at radius 2 is 1.83 bits per heavy atom. The van der Waals surface area contributed by atoms with Gasteiger partial charge in [0.05, 0.1) is 29.2 Å². The Labute approximate surface area is 172 Å². The maximum Gasteiger partial charge on any atom is 0.295 e. The van der Waals surface area contributed by atoms with Crippen LogP contribution in [0.2, 0.25) is 0 Å². The molecule has 1 aromatic carbocycles. The Hall–Kier alpha value is -3.59. The molecule has 0 aliphatic carbocycles. The number of carbonyl (C=O) groups excluding carboxylic acids is 2. The lowest BCUT2D eigenvalue weighted by Crippen LogP contribution is -2.33. The number of amides is 1. The first kappa shape index (κ1) is 21.1. The predicted molar refractivity (Wildman–Crippen MR) is 107 cm³/mol. The van der Waals surface area contributed by atoms with Gasteiger partial charge in [-0.3, -0.25) is 24.7 Å². The molecular weight excluding hydrogens is 390 g/mol. The number of nitro benzene ring substituents is 1. The summed E-state index contributed by atoms with van der Waals surface area (Å²) in [5, 5.41) is 21.7. The molecule has 0 saturated carbocycles. The third-order valence-corrected chi connectivity index (χ3v) is 4.70. The molecule has 3 rings (SSSR count). The van der Waals surface area contributed by atoms with E-state index in [0.29, 0.717) is 5.56 Å². The molecule has 2 aromatic rings. The smallest absolute Gasteiger partial charge is 0.295 e. The van der Waals surface area contributed by atoms with Crippen molar-refractivity contribution in [2.75, 3.05) is 13.2 Å². The van der Waals surface area contributed by atoms with E-state index in [1.54, 1.807) is 12.1 Å². The Kier molecular flexibility index (Phi) is 6.22. The van der Waals surface area contributed by atoms with Gasteiger partial charge in [-0.1, -0.05) is 0 Å². The van der Waals surface area contributed by atoms with Crippen LogP contribution in [0.25, 0.3) is 5.76 Å². The third kappa shape index (κ3) is 4.20. The summed E-state index contributed by atoms with van der Waals surface area (Å²) in [6, 6.07) is 7.63. The van der Waals surface area contributed by atoms with Crippen LogP contribution in [0.15, 0.2) is 54.4 Å². The Morgan fingerprint density at radius 1 is 1.20 bits per heavy atom. The van der Waals surface area contributed by atoms with Gasteiger partial charge in [0.2, 0.25) is 0 Å². The molecule has 1 aliphatic rings. The van der Waals surface area contributed by atoms with Crippen LogP contribution in [-0.4, -0.2) is 50.9 Å². The number of hydrogen-bond donors (Lipinski definition) is 1. The molecule has 1 aromatic heterocycles. The number of likely N-dealkylation sites (tertiary alicyclic amines) is 1. The third-order valence-electron chi connectivity index (χ3n) is 4.70. The molecule has 0 spiro atoms. The number of Topliss-reactive ketones (excluding diaryl/α,β-unsaturated/α-hetero) is 1. The van der Waals surface area contributed by atoms with E-state index in [9.17, 15) is 24.8 Å². The number of nitrogens with zero attached hydrogens (tertiary/aromatic N) is 3. The van der Waals surface area contributed by atoms with Gasteiger partial charge in [0.15, 0.2) is 0 Å². The van der Waals surface area contributed by atoms with Gasteiger partial charge in [0.1, 0.15) is 5.76 Å². The van der Waals surface area contributed by atoms with Crippen LogP contribution >= 0.6 is 0 Å². The van der Waals surface area contributed by atoms with E-state index in [1.165, 1.54) is 41.6 Å². The minimum atomic E-state index is -0.822. The average Bonchev–Trinajstić information content (AvgIpc) is 2.98. The minimum Gasteiger partial charge on any atom is -0.507 e. The van der Waals surface area contributed by atoms with Crippen molar-refractivity contribution in [1.29, 1.82) is 0 Å². The van der Waals surface area contributed by atoms with Crippen molar-refractivity contribution in [3.05, 3.63) is 75.6 Å². The van der Waals surface area contributed by atoms with E-state index < -0.39 is 28.4 Å². The zero-order valence-corrected chi connectivity index (χ0v) is 16.5. The van der Waals surface area contributed by atoms with Crippen LogP contribution in [0.5, 0.6) is 0 Å². The van der Waals surface area contributed by atoms with E-state index in [0.717, 1.165) is 0 Å². The monoisotopic (exact) mass is 411 g/mol. The number of hydrogen-bond acceptors (Lipinski definition) is 7. The molecule has 1 aliphatic heterocycles. The Morgan fingerprint density at radius 3 is 2.40 bits per heavy atom. The molecule has 156 valence electrons. The number of rotatable bonds is 7. The number of benzene rings is 1. The van der Waals surface area contributed by atoms with Gasteiger partial charge < -0.3 is 14.7 Å². The number of ether oxygens (including phenoxy) is 1. The van der Waals surface area contributed by atoms with Gasteiger partial charge in [0.25, 0.3) is 17.4 Å². The summed E-state index contributed by atoms with van der Waals surface area (Å²) in [6.07, 6.45) is 3.03. The first-order valence-electron chi connectivity index (χ1n) is 9.36. The van der Waals surface area contributed by atoms with E-state index >= 15 is 0 Å². The quantitative estimate of drug-likeness (QED) is 0.244. The fraction of sp³-hybridized carbons (Fsp3) is 0.286. The van der Waals surface area contributed by atoms with Crippen molar-refractivity contribution in [3.8, 4) is 0 Å². The number of aliphatic hydroxyl groups is 1. The van der Waals surface area contributed by atoms with E-state index in [2.05, 4.69) is 4.98 Å². The molecule has 1 atom stereocenters. The average molecular weight is 411 g/mol. The molecule has 1 N–H and O–H groups in total. The molecule has 30 heavy (non-hydrogen) atoms. The van der Waals surface area contributed by atoms with Crippen LogP contribution in [0.3, 0.4) is 0 Å². The number of carbonyl (C=O) groups is 2. The zero-order valence-electron chi connectivity index (χ0n) is 16.5. The molecular formula is C21H21N3O6. The first-order chi connectivity index (χ1) is 14.3. The van der Waals surface area contributed by atoms with Crippen LogP contribution in [0.1, 0.15) is 31.0 Å². The minimum absolute atomic E-state index is 0.0405. The van der Waals surface area contributed by atoms with Crippen LogP contribution < -0.4 is 0 Å². The van der Waals surface area contributed by atoms with Gasteiger partial charge in [-0.25, -0.2) is 0 Å². The van der Waals surface area contributed by atoms with Gasteiger partial charge in [-0.15, -0.1) is 0 Å². The molecule has 0 radical (unpaired) electrons. The normalized spacial score (nSPS) is 18.2. The second-order valence-corrected chi connectivity index (χ2v) is 7.00. The lowest BCUT2D eigenvalue weighted by Gasteiger charge is -2.25. The first-order valence-corrected chi connectivity index (χ1v) is 9.36. The molecule has 9 nitrogen and oxygen atoms in total. The fourth-order valence-corrected chi connectivity index (χ4v) is 3.29. The van der Waals surface area contributed by atoms with E-state index in [-0.39, 0.29) is 36.1 Å².